The van der Waals surface area contributed by atoms with E-state index in [9.17, 15) is 18.0 Å². The van der Waals surface area contributed by atoms with Gasteiger partial charge in [-0.2, -0.15) is 0 Å². The number of carbonyl (C=O) groups is 2. The van der Waals surface area contributed by atoms with Gasteiger partial charge in [0.1, 0.15) is 12.6 Å². The molecule has 0 bridgehead atoms. The first-order valence-corrected chi connectivity index (χ1v) is 16.8. The molecule has 0 heterocycles. The number of halogens is 2. The lowest BCUT2D eigenvalue weighted by atomic mass is 10.0. The summed E-state index contributed by atoms with van der Waals surface area (Å²) >= 11 is 12.5. The van der Waals surface area contributed by atoms with Crippen molar-refractivity contribution in [2.45, 2.75) is 57.6 Å². The minimum absolute atomic E-state index is 0.00981. The highest BCUT2D eigenvalue weighted by molar-refractivity contribution is 7.92. The molecule has 0 aliphatic carbocycles. The van der Waals surface area contributed by atoms with E-state index in [0.29, 0.717) is 0 Å². The predicted molar refractivity (Wildman–Crippen MR) is 181 cm³/mol. The molecule has 0 radical (unpaired) electrons. The smallest absolute Gasteiger partial charge is 0.264 e. The molecule has 0 saturated heterocycles. The van der Waals surface area contributed by atoms with Crippen LogP contribution in [0.3, 0.4) is 0 Å². The molecular formula is C35H37Cl2N3O4S. The molecule has 0 fully saturated rings. The zero-order valence-corrected chi connectivity index (χ0v) is 28.0. The van der Waals surface area contributed by atoms with Crippen molar-refractivity contribution < 1.29 is 18.0 Å². The summed E-state index contributed by atoms with van der Waals surface area (Å²) in [6, 6.07) is 26.8. The Bertz CT molecular complexity index is 1750. The Kier molecular flexibility index (Phi) is 11.3. The summed E-state index contributed by atoms with van der Waals surface area (Å²) in [6.45, 7) is 7.01. The number of rotatable bonds is 12. The van der Waals surface area contributed by atoms with Gasteiger partial charge in [-0.1, -0.05) is 101 Å². The number of hydrogen-bond donors (Lipinski definition) is 1. The zero-order chi connectivity index (χ0) is 32.7. The van der Waals surface area contributed by atoms with Gasteiger partial charge in [-0.15, -0.1) is 0 Å². The summed E-state index contributed by atoms with van der Waals surface area (Å²) in [5, 5.41) is 3.34. The minimum atomic E-state index is -4.25. The average Bonchev–Trinajstić information content (AvgIpc) is 2.99. The molecule has 10 heteroatoms. The van der Waals surface area contributed by atoms with Crippen LogP contribution in [0, 0.1) is 13.8 Å². The Morgan fingerprint density at radius 1 is 0.778 bits per heavy atom. The van der Waals surface area contributed by atoms with Gasteiger partial charge in [0.2, 0.25) is 11.8 Å². The number of nitrogens with one attached hydrogen (secondary N) is 1. The Balaban J connectivity index is 1.82. The maximum atomic E-state index is 14.5. The second kappa shape index (κ2) is 15.0. The van der Waals surface area contributed by atoms with Crippen LogP contribution >= 0.6 is 23.2 Å². The minimum Gasteiger partial charge on any atom is -0.352 e. The summed E-state index contributed by atoms with van der Waals surface area (Å²) in [6.07, 6.45) is 0.231. The summed E-state index contributed by atoms with van der Waals surface area (Å²) in [5.41, 5.74) is 3.71. The number of benzene rings is 4. The monoisotopic (exact) mass is 665 g/mol. The second-order valence-corrected chi connectivity index (χ2v) is 14.0. The standard InChI is InChI=1S/C35H37Cl2N3O4S/c1-24(2)38-35(42)33(20-27-10-6-5-7-11-27)39(22-28-12-8-9-26(4)19-28)34(41)23-40(29-15-18-31(36)32(37)21-29)45(43,44)30-16-13-25(3)14-17-30/h5-19,21,24,33H,20,22-23H2,1-4H3,(H,38,42)/t33-/m1/s1. The molecule has 0 aromatic heterocycles. The molecule has 0 spiro atoms. The molecule has 0 aliphatic heterocycles. The third kappa shape index (κ3) is 8.87. The second-order valence-electron chi connectivity index (χ2n) is 11.3. The van der Waals surface area contributed by atoms with Crippen molar-refractivity contribution in [1.29, 1.82) is 0 Å². The lowest BCUT2D eigenvalue weighted by Crippen LogP contribution is -2.54. The summed E-state index contributed by atoms with van der Waals surface area (Å²) in [4.78, 5) is 29.8. The van der Waals surface area contributed by atoms with Gasteiger partial charge in [0, 0.05) is 19.0 Å². The SMILES string of the molecule is Cc1ccc(S(=O)(=O)N(CC(=O)N(Cc2cccc(C)c2)[C@H](Cc2ccccc2)C(=O)NC(C)C)c2ccc(Cl)c(Cl)c2)cc1. The van der Waals surface area contributed by atoms with Crippen LogP contribution in [0.25, 0.3) is 0 Å². The molecule has 0 unspecified atom stereocenters. The van der Waals surface area contributed by atoms with Crippen molar-refractivity contribution in [2.24, 2.45) is 0 Å². The van der Waals surface area contributed by atoms with Gasteiger partial charge < -0.3 is 10.2 Å². The van der Waals surface area contributed by atoms with Crippen molar-refractivity contribution in [1.82, 2.24) is 10.2 Å². The third-order valence-corrected chi connectivity index (χ3v) is 9.74. The maximum absolute atomic E-state index is 14.5. The average molecular weight is 667 g/mol. The molecule has 4 rings (SSSR count). The van der Waals surface area contributed by atoms with Crippen LogP contribution in [0.4, 0.5) is 5.69 Å². The quantitative estimate of drug-likeness (QED) is 0.177. The number of carbonyl (C=O) groups excluding carboxylic acids is 2. The molecule has 4 aromatic rings. The van der Waals surface area contributed by atoms with Crippen molar-refractivity contribution in [3.8, 4) is 0 Å². The number of aryl methyl sites for hydroxylation is 2. The number of amides is 2. The molecule has 45 heavy (non-hydrogen) atoms. The van der Waals surface area contributed by atoms with Crippen molar-refractivity contribution in [2.75, 3.05) is 10.8 Å². The van der Waals surface area contributed by atoms with Gasteiger partial charge in [0.15, 0.2) is 0 Å². The fraction of sp³-hybridized carbons (Fsp3) is 0.257. The van der Waals surface area contributed by atoms with Gasteiger partial charge >= 0.3 is 0 Å². The molecule has 0 aliphatic rings. The van der Waals surface area contributed by atoms with E-state index in [1.165, 1.54) is 35.2 Å². The highest BCUT2D eigenvalue weighted by atomic mass is 35.5. The molecular weight excluding hydrogens is 629 g/mol. The van der Waals surface area contributed by atoms with Crippen molar-refractivity contribution >= 4 is 50.7 Å². The summed E-state index contributed by atoms with van der Waals surface area (Å²) in [5.74, 6) is -0.893. The van der Waals surface area contributed by atoms with E-state index in [-0.39, 0.29) is 45.5 Å². The predicted octanol–water partition coefficient (Wildman–Crippen LogP) is 6.97. The van der Waals surface area contributed by atoms with E-state index in [4.69, 9.17) is 23.2 Å². The highest BCUT2D eigenvalue weighted by Gasteiger charge is 2.35. The molecule has 4 aromatic carbocycles. The molecule has 7 nitrogen and oxygen atoms in total. The number of sulfonamides is 1. The van der Waals surface area contributed by atoms with Crippen LogP contribution in [-0.4, -0.2) is 43.8 Å². The van der Waals surface area contributed by atoms with E-state index in [2.05, 4.69) is 5.32 Å². The van der Waals surface area contributed by atoms with E-state index < -0.39 is 28.5 Å². The maximum Gasteiger partial charge on any atom is 0.264 e. The van der Waals surface area contributed by atoms with E-state index in [0.717, 1.165) is 26.6 Å². The van der Waals surface area contributed by atoms with Crippen LogP contribution < -0.4 is 9.62 Å². The third-order valence-electron chi connectivity index (χ3n) is 7.22. The highest BCUT2D eigenvalue weighted by Crippen LogP contribution is 2.31. The van der Waals surface area contributed by atoms with E-state index in [1.54, 1.807) is 12.1 Å². The lowest BCUT2D eigenvalue weighted by molar-refractivity contribution is -0.140. The zero-order valence-electron chi connectivity index (χ0n) is 25.7. The Hall–Kier alpha value is -3.85. The van der Waals surface area contributed by atoms with Crippen LogP contribution in [0.5, 0.6) is 0 Å². The van der Waals surface area contributed by atoms with E-state index in [1.807, 2.05) is 82.3 Å². The summed E-state index contributed by atoms with van der Waals surface area (Å²) in [7, 11) is -4.25. The Labute approximate surface area is 275 Å². The number of anilines is 1. The van der Waals surface area contributed by atoms with Crippen molar-refractivity contribution in [3.63, 3.8) is 0 Å². The normalized spacial score (nSPS) is 12.1. The van der Waals surface area contributed by atoms with E-state index >= 15 is 0 Å². The fourth-order valence-corrected chi connectivity index (χ4v) is 6.65. The number of nitrogens with zero attached hydrogens (tertiary/aromatic N) is 2. The largest absolute Gasteiger partial charge is 0.352 e. The van der Waals surface area contributed by atoms with Crippen LogP contribution in [0.2, 0.25) is 10.0 Å². The first kappa shape index (κ1) is 34.0. The molecule has 236 valence electrons. The topological polar surface area (TPSA) is 86.8 Å². The molecule has 1 N–H and O–H groups in total. The summed E-state index contributed by atoms with van der Waals surface area (Å²) < 4.78 is 29.3. The molecule has 2 amide bonds. The van der Waals surface area contributed by atoms with Crippen LogP contribution in [0.1, 0.15) is 36.1 Å². The first-order chi connectivity index (χ1) is 21.3. The number of hydrogen-bond acceptors (Lipinski definition) is 4. The Morgan fingerprint density at radius 2 is 1.44 bits per heavy atom. The Morgan fingerprint density at radius 3 is 2.07 bits per heavy atom. The van der Waals surface area contributed by atoms with Gasteiger partial charge in [-0.3, -0.25) is 13.9 Å². The molecule has 1 atom stereocenters. The first-order valence-electron chi connectivity index (χ1n) is 14.6. The van der Waals surface area contributed by atoms with Gasteiger partial charge in [0.25, 0.3) is 10.0 Å². The van der Waals surface area contributed by atoms with Gasteiger partial charge in [0.05, 0.1) is 20.6 Å². The fourth-order valence-electron chi connectivity index (χ4n) is 4.95. The van der Waals surface area contributed by atoms with Gasteiger partial charge in [-0.05, 0) is 69.2 Å². The van der Waals surface area contributed by atoms with Crippen LogP contribution in [0.15, 0.2) is 102 Å². The van der Waals surface area contributed by atoms with Crippen molar-refractivity contribution in [3.05, 3.63) is 129 Å². The lowest BCUT2D eigenvalue weighted by Gasteiger charge is -2.34. The van der Waals surface area contributed by atoms with Crippen LogP contribution in [-0.2, 0) is 32.6 Å². The van der Waals surface area contributed by atoms with Gasteiger partial charge in [-0.25, -0.2) is 8.42 Å². The molecule has 0 saturated carbocycles.